The van der Waals surface area contributed by atoms with Crippen LogP contribution in [0, 0.1) is 0 Å². The lowest BCUT2D eigenvalue weighted by Gasteiger charge is -2.32. The first-order valence-corrected chi connectivity index (χ1v) is 7.99. The zero-order chi connectivity index (χ0) is 13.7. The molecule has 5 heteroatoms. The van der Waals surface area contributed by atoms with Crippen molar-refractivity contribution in [1.82, 2.24) is 15.2 Å². The molecule has 1 aliphatic heterocycles. The molecule has 1 aliphatic rings. The lowest BCUT2D eigenvalue weighted by molar-refractivity contribution is -0.132. The summed E-state index contributed by atoms with van der Waals surface area (Å²) >= 11 is 1.75. The van der Waals surface area contributed by atoms with Crippen molar-refractivity contribution in [2.24, 2.45) is 0 Å². The van der Waals surface area contributed by atoms with E-state index >= 15 is 0 Å². The van der Waals surface area contributed by atoms with Crippen LogP contribution in [0.5, 0.6) is 0 Å². The fourth-order valence-corrected chi connectivity index (χ4v) is 3.50. The zero-order valence-corrected chi connectivity index (χ0v) is 12.6. The van der Waals surface area contributed by atoms with E-state index in [-0.39, 0.29) is 5.91 Å². The number of hydrogen-bond donors (Lipinski definition) is 1. The van der Waals surface area contributed by atoms with Gasteiger partial charge in [-0.2, -0.15) is 0 Å². The van der Waals surface area contributed by atoms with Gasteiger partial charge in [0.25, 0.3) is 0 Å². The Bertz CT molecular complexity index is 419. The van der Waals surface area contributed by atoms with Crippen molar-refractivity contribution in [3.05, 3.63) is 16.1 Å². The van der Waals surface area contributed by atoms with Crippen LogP contribution in [-0.4, -0.2) is 42.5 Å². The van der Waals surface area contributed by atoms with Crippen LogP contribution in [0.15, 0.2) is 5.38 Å². The summed E-state index contributed by atoms with van der Waals surface area (Å²) in [6.45, 7) is 4.65. The predicted molar refractivity (Wildman–Crippen MR) is 78.6 cm³/mol. The van der Waals surface area contributed by atoms with Crippen molar-refractivity contribution in [3.63, 3.8) is 0 Å². The van der Waals surface area contributed by atoms with Gasteiger partial charge in [-0.05, 0) is 26.3 Å². The van der Waals surface area contributed by atoms with Crippen LogP contribution >= 0.6 is 11.3 Å². The van der Waals surface area contributed by atoms with Crippen LogP contribution in [0.25, 0.3) is 0 Å². The molecule has 0 spiro atoms. The predicted octanol–water partition coefficient (Wildman–Crippen LogP) is 2.02. The Morgan fingerprint density at radius 1 is 1.63 bits per heavy atom. The molecule has 2 rings (SSSR count). The average molecular weight is 281 g/mol. The van der Waals surface area contributed by atoms with Gasteiger partial charge < -0.3 is 10.2 Å². The number of piperidine rings is 1. The summed E-state index contributed by atoms with van der Waals surface area (Å²) in [6.07, 6.45) is 3.85. The molecule has 4 nitrogen and oxygen atoms in total. The van der Waals surface area contributed by atoms with Crippen molar-refractivity contribution in [2.45, 2.75) is 38.5 Å². The molecule has 1 saturated heterocycles. The summed E-state index contributed by atoms with van der Waals surface area (Å²) in [4.78, 5) is 18.8. The first-order valence-electron chi connectivity index (χ1n) is 7.11. The molecule has 0 aromatic carbocycles. The molecule has 0 radical (unpaired) electrons. The quantitative estimate of drug-likeness (QED) is 0.898. The van der Waals surface area contributed by atoms with Gasteiger partial charge in [-0.1, -0.05) is 6.92 Å². The molecular formula is C14H23N3OS. The molecule has 1 atom stereocenters. The number of nitrogens with one attached hydrogen (secondary N) is 1. The molecular weight excluding hydrogens is 258 g/mol. The summed E-state index contributed by atoms with van der Waals surface area (Å²) in [5.74, 6) is 0.712. The third-order valence-electron chi connectivity index (χ3n) is 3.64. The van der Waals surface area contributed by atoms with Crippen molar-refractivity contribution in [1.29, 1.82) is 0 Å². The molecule has 1 fully saturated rings. The Balaban J connectivity index is 1.94. The number of hydrogen-bond acceptors (Lipinski definition) is 4. The van der Waals surface area contributed by atoms with E-state index < -0.39 is 0 Å². The second-order valence-electron chi connectivity index (χ2n) is 5.06. The minimum atomic E-state index is 0.270. The van der Waals surface area contributed by atoms with Gasteiger partial charge in [0.05, 0.1) is 10.7 Å². The second kappa shape index (κ2) is 7.01. The maximum Gasteiger partial charge on any atom is 0.223 e. The van der Waals surface area contributed by atoms with Gasteiger partial charge in [0.2, 0.25) is 5.91 Å². The molecule has 1 amide bonds. The van der Waals surface area contributed by atoms with E-state index in [0.29, 0.717) is 12.3 Å². The normalized spacial score (nSPS) is 19.7. The number of nitrogens with zero attached hydrogens (tertiary/aromatic N) is 2. The monoisotopic (exact) mass is 281 g/mol. The van der Waals surface area contributed by atoms with E-state index in [9.17, 15) is 4.79 Å². The molecule has 0 saturated carbocycles. The Kier molecular flexibility index (Phi) is 5.34. The van der Waals surface area contributed by atoms with E-state index in [2.05, 4.69) is 22.6 Å². The van der Waals surface area contributed by atoms with Crippen molar-refractivity contribution in [3.8, 4) is 0 Å². The van der Waals surface area contributed by atoms with Gasteiger partial charge in [-0.25, -0.2) is 4.98 Å². The number of carbonyl (C=O) groups is 1. The molecule has 2 heterocycles. The zero-order valence-electron chi connectivity index (χ0n) is 11.8. The van der Waals surface area contributed by atoms with Gasteiger partial charge in [0.1, 0.15) is 0 Å². The van der Waals surface area contributed by atoms with Gasteiger partial charge in [-0.3, -0.25) is 4.79 Å². The van der Waals surface area contributed by atoms with E-state index in [1.807, 2.05) is 11.9 Å². The number of carbonyl (C=O) groups excluding carboxylic acids is 1. The third kappa shape index (κ3) is 3.76. The highest BCUT2D eigenvalue weighted by Crippen LogP contribution is 2.29. The highest BCUT2D eigenvalue weighted by atomic mass is 32.1. The van der Waals surface area contributed by atoms with Crippen LogP contribution in [0.2, 0.25) is 0 Å². The van der Waals surface area contributed by atoms with Crippen LogP contribution in [-0.2, 0) is 11.2 Å². The van der Waals surface area contributed by atoms with E-state index in [4.69, 9.17) is 0 Å². The average Bonchev–Trinajstić information content (AvgIpc) is 2.94. The van der Waals surface area contributed by atoms with Crippen LogP contribution in [0.1, 0.15) is 42.8 Å². The lowest BCUT2D eigenvalue weighted by Crippen LogP contribution is -2.40. The summed E-state index contributed by atoms with van der Waals surface area (Å²) in [5, 5.41) is 6.39. The SMILES string of the molecule is CCc1csc(C2CCCN(C(=O)CCNC)C2)n1. The topological polar surface area (TPSA) is 45.2 Å². The third-order valence-corrected chi connectivity index (χ3v) is 4.70. The second-order valence-corrected chi connectivity index (χ2v) is 5.95. The fraction of sp³-hybridized carbons (Fsp3) is 0.714. The molecule has 106 valence electrons. The maximum atomic E-state index is 12.1. The number of aryl methyl sites for hydroxylation is 1. The lowest BCUT2D eigenvalue weighted by atomic mass is 9.98. The van der Waals surface area contributed by atoms with Gasteiger partial charge >= 0.3 is 0 Å². The number of amides is 1. The number of rotatable bonds is 5. The Morgan fingerprint density at radius 3 is 3.16 bits per heavy atom. The van der Waals surface area contributed by atoms with Crippen molar-refractivity contribution >= 4 is 17.2 Å². The van der Waals surface area contributed by atoms with Crippen LogP contribution < -0.4 is 5.32 Å². The van der Waals surface area contributed by atoms with Crippen molar-refractivity contribution < 1.29 is 4.79 Å². The first-order chi connectivity index (χ1) is 9.24. The highest BCUT2D eigenvalue weighted by Gasteiger charge is 2.26. The molecule has 1 aromatic heterocycles. The summed E-state index contributed by atoms with van der Waals surface area (Å²) in [5.41, 5.74) is 1.18. The Hall–Kier alpha value is -0.940. The summed E-state index contributed by atoms with van der Waals surface area (Å²) < 4.78 is 0. The minimum absolute atomic E-state index is 0.270. The van der Waals surface area contributed by atoms with Gasteiger partial charge in [-0.15, -0.1) is 11.3 Å². The number of thiazole rings is 1. The first kappa shape index (κ1) is 14.5. The maximum absolute atomic E-state index is 12.1. The Labute approximate surface area is 119 Å². The molecule has 1 N–H and O–H groups in total. The Morgan fingerprint density at radius 2 is 2.47 bits per heavy atom. The smallest absolute Gasteiger partial charge is 0.223 e. The van der Waals surface area contributed by atoms with Crippen LogP contribution in [0.4, 0.5) is 0 Å². The molecule has 0 aliphatic carbocycles. The fourth-order valence-electron chi connectivity index (χ4n) is 2.47. The largest absolute Gasteiger partial charge is 0.342 e. The molecule has 0 bridgehead atoms. The van der Waals surface area contributed by atoms with Crippen LogP contribution in [0.3, 0.4) is 0 Å². The summed E-state index contributed by atoms with van der Waals surface area (Å²) in [7, 11) is 1.88. The number of aromatic nitrogens is 1. The summed E-state index contributed by atoms with van der Waals surface area (Å²) in [6, 6.07) is 0. The standard InChI is InChI=1S/C14H23N3OS/c1-3-12-10-19-14(16-12)11-5-4-8-17(9-11)13(18)6-7-15-2/h10-11,15H,3-9H2,1-2H3. The van der Waals surface area contributed by atoms with E-state index in [0.717, 1.165) is 38.9 Å². The molecule has 1 unspecified atom stereocenters. The minimum Gasteiger partial charge on any atom is -0.342 e. The molecule has 1 aromatic rings. The van der Waals surface area contributed by atoms with Gasteiger partial charge in [0, 0.05) is 37.4 Å². The molecule has 19 heavy (non-hydrogen) atoms. The van der Waals surface area contributed by atoms with Gasteiger partial charge in [0.15, 0.2) is 0 Å². The van der Waals surface area contributed by atoms with E-state index in [1.165, 1.54) is 10.7 Å². The highest BCUT2D eigenvalue weighted by molar-refractivity contribution is 7.09. The van der Waals surface area contributed by atoms with Crippen molar-refractivity contribution in [2.75, 3.05) is 26.7 Å². The number of likely N-dealkylation sites (tertiary alicyclic amines) is 1. The van der Waals surface area contributed by atoms with E-state index in [1.54, 1.807) is 11.3 Å².